The Balaban J connectivity index is 2.00. The molecule has 5 nitrogen and oxygen atoms in total. The maximum absolute atomic E-state index is 12.9. The first kappa shape index (κ1) is 20.1. The van der Waals surface area contributed by atoms with Crippen LogP contribution in [0.4, 0.5) is 0 Å². The molecule has 2 aromatic rings. The molecule has 0 amide bonds. The quantitative estimate of drug-likeness (QED) is 0.628. The minimum Gasteiger partial charge on any atom is -0.463 e. The van der Waals surface area contributed by atoms with Crippen LogP contribution in [0.25, 0.3) is 0 Å². The van der Waals surface area contributed by atoms with Crippen LogP contribution in [0.5, 0.6) is 0 Å². The third-order valence-electron chi connectivity index (χ3n) is 5.08. The zero-order valence-electron chi connectivity index (χ0n) is 18.2. The predicted molar refractivity (Wildman–Crippen MR) is 118 cm³/mol. The summed E-state index contributed by atoms with van der Waals surface area (Å²) in [6, 6.07) is 7.35. The fourth-order valence-corrected chi connectivity index (χ4v) is 3.93. The van der Waals surface area contributed by atoms with Crippen LogP contribution in [0.3, 0.4) is 0 Å². The number of allylic oxidation sites excluding steroid dienone is 5. The maximum Gasteiger partial charge on any atom is 0.182 e. The average Bonchev–Trinajstić information content (AvgIpc) is 3.39. The summed E-state index contributed by atoms with van der Waals surface area (Å²) in [6.07, 6.45) is 6.69. The normalized spacial score (nSPS) is 17.7. The number of carbonyl (C=O) groups is 1. The van der Waals surface area contributed by atoms with Gasteiger partial charge in [-0.3, -0.25) is 4.79 Å². The van der Waals surface area contributed by atoms with Gasteiger partial charge in [-0.2, -0.15) is 0 Å². The lowest BCUT2D eigenvalue weighted by atomic mass is 9.69. The van der Waals surface area contributed by atoms with Crippen molar-refractivity contribution in [3.05, 3.63) is 83.0 Å². The van der Waals surface area contributed by atoms with E-state index in [1.807, 2.05) is 30.3 Å². The van der Waals surface area contributed by atoms with Gasteiger partial charge in [0.15, 0.2) is 23.1 Å². The number of aliphatic imine (C=N–C) groups is 2. The monoisotopic (exact) mass is 402 g/mol. The van der Waals surface area contributed by atoms with E-state index in [0.29, 0.717) is 28.8 Å². The van der Waals surface area contributed by atoms with Crippen LogP contribution < -0.4 is 0 Å². The largest absolute Gasteiger partial charge is 0.463 e. The van der Waals surface area contributed by atoms with Gasteiger partial charge in [0, 0.05) is 11.1 Å². The van der Waals surface area contributed by atoms with Gasteiger partial charge >= 0.3 is 0 Å². The van der Waals surface area contributed by atoms with E-state index in [9.17, 15) is 4.79 Å². The van der Waals surface area contributed by atoms with Gasteiger partial charge in [-0.05, 0) is 52.8 Å². The van der Waals surface area contributed by atoms with E-state index in [4.69, 9.17) is 18.8 Å². The summed E-state index contributed by atoms with van der Waals surface area (Å²) in [5, 5.41) is 0. The minimum absolute atomic E-state index is 0.0419. The number of furan rings is 2. The number of carbonyl (C=O) groups excluding carboxylic acids is 1. The van der Waals surface area contributed by atoms with Crippen molar-refractivity contribution in [3.63, 3.8) is 0 Å². The van der Waals surface area contributed by atoms with E-state index < -0.39 is 0 Å². The van der Waals surface area contributed by atoms with Crippen molar-refractivity contribution in [2.24, 2.45) is 20.8 Å². The molecule has 0 unspecified atom stereocenters. The summed E-state index contributed by atoms with van der Waals surface area (Å²) in [4.78, 5) is 22.6. The molecule has 0 N–H and O–H groups in total. The molecule has 1 aliphatic carbocycles. The van der Waals surface area contributed by atoms with Gasteiger partial charge in [0.05, 0.1) is 12.5 Å². The molecule has 1 aliphatic heterocycles. The highest BCUT2D eigenvalue weighted by Crippen LogP contribution is 2.45. The molecule has 30 heavy (non-hydrogen) atoms. The molecule has 2 aliphatic rings. The van der Waals surface area contributed by atoms with Gasteiger partial charge in [-0.25, -0.2) is 9.98 Å². The Morgan fingerprint density at radius 3 is 1.63 bits per heavy atom. The molecule has 154 valence electrons. The van der Waals surface area contributed by atoms with Crippen LogP contribution in [-0.2, 0) is 4.79 Å². The molecule has 0 radical (unpaired) electrons. The highest BCUT2D eigenvalue weighted by atomic mass is 16.3. The summed E-state index contributed by atoms with van der Waals surface area (Å²) < 4.78 is 11.2. The van der Waals surface area contributed by atoms with Gasteiger partial charge < -0.3 is 8.83 Å². The molecular formula is C25H26N2O3. The Labute approximate surface area is 176 Å². The molecule has 0 atom stereocenters. The van der Waals surface area contributed by atoms with Crippen LogP contribution in [-0.4, -0.2) is 17.2 Å². The van der Waals surface area contributed by atoms with E-state index in [1.165, 1.54) is 0 Å². The van der Waals surface area contributed by atoms with Gasteiger partial charge in [0.2, 0.25) is 0 Å². The topological polar surface area (TPSA) is 68.1 Å². The summed E-state index contributed by atoms with van der Waals surface area (Å²) >= 11 is 0. The third-order valence-corrected chi connectivity index (χ3v) is 5.08. The highest BCUT2D eigenvalue weighted by molar-refractivity contribution is 6.53. The molecule has 0 aromatic carbocycles. The number of nitrogens with zero attached hydrogens (tertiary/aromatic N) is 2. The first-order chi connectivity index (χ1) is 14.1. The SMILES string of the molecule is CC(C)(C)C1=C(C(C)(C)C)C(=C2N=C(c3ccco3)C(c3ccco3)=N2)C=CC1=O. The second kappa shape index (κ2) is 6.94. The van der Waals surface area contributed by atoms with E-state index in [1.54, 1.807) is 18.6 Å². The zero-order valence-corrected chi connectivity index (χ0v) is 18.2. The van der Waals surface area contributed by atoms with Gasteiger partial charge in [0.25, 0.3) is 0 Å². The summed E-state index contributed by atoms with van der Waals surface area (Å²) in [7, 11) is 0. The van der Waals surface area contributed by atoms with E-state index >= 15 is 0 Å². The standard InChI is InChI=1S/C25H26N2O3/c1-24(2,3)19-15(11-12-16(28)20(19)25(4,5)6)23-26-21(17-9-7-13-29-17)22(27-23)18-10-8-14-30-18/h7-14H,1-6H3. The number of ketones is 1. The van der Waals surface area contributed by atoms with Crippen molar-refractivity contribution in [2.45, 2.75) is 41.5 Å². The van der Waals surface area contributed by atoms with Crippen molar-refractivity contribution >= 4 is 17.2 Å². The Morgan fingerprint density at radius 2 is 1.23 bits per heavy atom. The van der Waals surface area contributed by atoms with Gasteiger partial charge in [-0.1, -0.05) is 41.5 Å². The van der Waals surface area contributed by atoms with Crippen molar-refractivity contribution in [3.8, 4) is 0 Å². The first-order valence-electron chi connectivity index (χ1n) is 10.0. The molecular weight excluding hydrogens is 376 g/mol. The number of hydrogen-bond donors (Lipinski definition) is 0. The van der Waals surface area contributed by atoms with Crippen molar-refractivity contribution in [1.29, 1.82) is 0 Å². The molecule has 3 heterocycles. The molecule has 5 heteroatoms. The van der Waals surface area contributed by atoms with Gasteiger partial charge in [0.1, 0.15) is 11.4 Å². The van der Waals surface area contributed by atoms with Crippen molar-refractivity contribution in [2.75, 3.05) is 0 Å². The van der Waals surface area contributed by atoms with Crippen molar-refractivity contribution in [1.82, 2.24) is 0 Å². The number of hydrogen-bond acceptors (Lipinski definition) is 5. The second-order valence-corrected chi connectivity index (χ2v) is 9.56. The van der Waals surface area contributed by atoms with E-state index in [0.717, 1.165) is 16.7 Å². The highest BCUT2D eigenvalue weighted by Gasteiger charge is 2.37. The summed E-state index contributed by atoms with van der Waals surface area (Å²) in [6.45, 7) is 12.5. The fraction of sp³-hybridized carbons (Fsp3) is 0.320. The van der Waals surface area contributed by atoms with Crippen LogP contribution in [0.2, 0.25) is 0 Å². The van der Waals surface area contributed by atoms with Crippen molar-refractivity contribution < 1.29 is 13.6 Å². The lowest BCUT2D eigenvalue weighted by Gasteiger charge is -2.34. The first-order valence-corrected chi connectivity index (χ1v) is 10.0. The van der Waals surface area contributed by atoms with Crippen LogP contribution in [0, 0.1) is 10.8 Å². The molecule has 0 spiro atoms. The second-order valence-electron chi connectivity index (χ2n) is 9.56. The summed E-state index contributed by atoms with van der Waals surface area (Å²) in [5.74, 6) is 1.84. The van der Waals surface area contributed by atoms with Crippen LogP contribution >= 0.6 is 0 Å². The Hall–Kier alpha value is -3.21. The predicted octanol–water partition coefficient (Wildman–Crippen LogP) is 5.90. The van der Waals surface area contributed by atoms with E-state index in [-0.39, 0.29) is 16.6 Å². The van der Waals surface area contributed by atoms with E-state index in [2.05, 4.69) is 41.5 Å². The Morgan fingerprint density at radius 1 is 0.733 bits per heavy atom. The lowest BCUT2D eigenvalue weighted by Crippen LogP contribution is -2.27. The Kier molecular flexibility index (Phi) is 4.64. The number of rotatable bonds is 2. The van der Waals surface area contributed by atoms with Gasteiger partial charge in [-0.15, -0.1) is 0 Å². The van der Waals surface area contributed by atoms with Crippen LogP contribution in [0.1, 0.15) is 53.1 Å². The molecule has 0 saturated heterocycles. The summed E-state index contributed by atoms with van der Waals surface area (Å²) in [5.41, 5.74) is 3.30. The third kappa shape index (κ3) is 3.45. The Bertz CT molecular complexity index is 1090. The maximum atomic E-state index is 12.9. The molecule has 0 bridgehead atoms. The molecule has 0 fully saturated rings. The molecule has 0 saturated carbocycles. The lowest BCUT2D eigenvalue weighted by molar-refractivity contribution is -0.112. The fourth-order valence-electron chi connectivity index (χ4n) is 3.93. The molecule has 4 rings (SSSR count). The smallest absolute Gasteiger partial charge is 0.182 e. The zero-order chi connectivity index (χ0) is 21.7. The average molecular weight is 402 g/mol. The van der Waals surface area contributed by atoms with Crippen LogP contribution in [0.15, 0.2) is 90.3 Å². The minimum atomic E-state index is -0.310. The molecule has 2 aromatic heterocycles.